The highest BCUT2D eigenvalue weighted by molar-refractivity contribution is 7.85. The van der Waals surface area contributed by atoms with Gasteiger partial charge in [-0.05, 0) is 18.4 Å². The molecular formula is C13H16O5S. The summed E-state index contributed by atoms with van der Waals surface area (Å²) in [5.41, 5.74) is 0.426. The van der Waals surface area contributed by atoms with Crippen molar-refractivity contribution in [3.8, 4) is 0 Å². The molecule has 1 aliphatic carbocycles. The van der Waals surface area contributed by atoms with Crippen molar-refractivity contribution in [3.05, 3.63) is 35.9 Å². The van der Waals surface area contributed by atoms with Crippen LogP contribution in [0.2, 0.25) is 0 Å². The molecule has 0 aliphatic heterocycles. The average molecular weight is 284 g/mol. The van der Waals surface area contributed by atoms with Crippen LogP contribution in [-0.4, -0.2) is 27.8 Å². The zero-order chi connectivity index (χ0) is 13.9. The Morgan fingerprint density at radius 2 is 1.95 bits per heavy atom. The topological polar surface area (TPSA) is 69.7 Å². The largest absolute Gasteiger partial charge is 0.459 e. The van der Waals surface area contributed by atoms with Crippen LogP contribution in [-0.2, 0) is 23.8 Å². The van der Waals surface area contributed by atoms with Gasteiger partial charge in [-0.15, -0.1) is 0 Å². The second-order valence-electron chi connectivity index (χ2n) is 4.85. The van der Waals surface area contributed by atoms with E-state index in [1.165, 1.54) is 0 Å². The second-order valence-corrected chi connectivity index (χ2v) is 6.50. The van der Waals surface area contributed by atoms with E-state index in [1.54, 1.807) is 0 Å². The predicted octanol–water partition coefficient (Wildman–Crippen LogP) is 1.66. The van der Waals surface area contributed by atoms with Crippen LogP contribution in [0.15, 0.2) is 30.3 Å². The lowest BCUT2D eigenvalue weighted by Crippen LogP contribution is -2.24. The van der Waals surface area contributed by atoms with Crippen LogP contribution in [0, 0.1) is 5.41 Å². The molecule has 0 radical (unpaired) electrons. The molecule has 5 nitrogen and oxygen atoms in total. The number of rotatable bonds is 7. The molecule has 1 aromatic rings. The SMILES string of the molecule is CS(=O)(=O)OCC1(C(OC=O)c2ccccc2)CC1. The van der Waals surface area contributed by atoms with Gasteiger partial charge in [0.05, 0.1) is 12.9 Å². The number of hydrogen-bond acceptors (Lipinski definition) is 5. The highest BCUT2D eigenvalue weighted by atomic mass is 32.2. The standard InChI is InChI=1S/C13H16O5S/c1-19(15,16)18-9-13(7-8-13)12(17-10-14)11-5-3-2-4-6-11/h2-6,10,12H,7-9H2,1H3. The average Bonchev–Trinajstić information content (AvgIpc) is 3.15. The van der Waals surface area contributed by atoms with Crippen LogP contribution in [0.5, 0.6) is 0 Å². The van der Waals surface area contributed by atoms with Gasteiger partial charge >= 0.3 is 0 Å². The Morgan fingerprint density at radius 3 is 2.42 bits per heavy atom. The molecule has 0 aromatic heterocycles. The minimum atomic E-state index is -3.49. The number of benzene rings is 1. The van der Waals surface area contributed by atoms with Gasteiger partial charge in [-0.3, -0.25) is 8.98 Å². The van der Waals surface area contributed by atoms with Crippen molar-refractivity contribution in [2.24, 2.45) is 5.41 Å². The molecule has 1 saturated carbocycles. The van der Waals surface area contributed by atoms with Crippen molar-refractivity contribution in [2.75, 3.05) is 12.9 Å². The number of ether oxygens (including phenoxy) is 1. The predicted molar refractivity (Wildman–Crippen MR) is 68.8 cm³/mol. The maximum atomic E-state index is 11.1. The molecule has 1 aromatic carbocycles. The highest BCUT2D eigenvalue weighted by Gasteiger charge is 2.52. The van der Waals surface area contributed by atoms with Crippen molar-refractivity contribution in [2.45, 2.75) is 18.9 Å². The molecule has 6 heteroatoms. The lowest BCUT2D eigenvalue weighted by atomic mass is 9.93. The van der Waals surface area contributed by atoms with Crippen molar-refractivity contribution in [1.29, 1.82) is 0 Å². The highest BCUT2D eigenvalue weighted by Crippen LogP contribution is 2.56. The third kappa shape index (κ3) is 3.54. The van der Waals surface area contributed by atoms with Crippen LogP contribution >= 0.6 is 0 Å². The maximum Gasteiger partial charge on any atom is 0.293 e. The summed E-state index contributed by atoms with van der Waals surface area (Å²) in [5, 5.41) is 0. The summed E-state index contributed by atoms with van der Waals surface area (Å²) in [7, 11) is -3.49. The molecule has 0 N–H and O–H groups in total. The second kappa shape index (κ2) is 5.30. The first-order valence-corrected chi connectivity index (χ1v) is 7.77. The fourth-order valence-corrected chi connectivity index (χ4v) is 2.58. The Bertz CT molecular complexity index is 533. The van der Waals surface area contributed by atoms with E-state index in [4.69, 9.17) is 8.92 Å². The van der Waals surface area contributed by atoms with Gasteiger partial charge in [0.25, 0.3) is 16.6 Å². The summed E-state index contributed by atoms with van der Waals surface area (Å²) in [6, 6.07) is 9.28. The molecular weight excluding hydrogens is 268 g/mol. The molecule has 19 heavy (non-hydrogen) atoms. The molecule has 0 amide bonds. The first-order valence-electron chi connectivity index (χ1n) is 5.95. The van der Waals surface area contributed by atoms with E-state index in [0.29, 0.717) is 6.47 Å². The summed E-state index contributed by atoms with van der Waals surface area (Å²) in [6.45, 7) is 0.442. The molecule has 1 fully saturated rings. The minimum absolute atomic E-state index is 0.0409. The van der Waals surface area contributed by atoms with Crippen LogP contribution < -0.4 is 0 Å². The fourth-order valence-electron chi connectivity index (χ4n) is 2.13. The van der Waals surface area contributed by atoms with Gasteiger partial charge in [0, 0.05) is 5.41 Å². The Morgan fingerprint density at radius 1 is 1.32 bits per heavy atom. The monoisotopic (exact) mass is 284 g/mol. The van der Waals surface area contributed by atoms with Gasteiger partial charge < -0.3 is 4.74 Å². The summed E-state index contributed by atoms with van der Waals surface area (Å²) < 4.78 is 32.2. The summed E-state index contributed by atoms with van der Waals surface area (Å²) in [6.07, 6.45) is 2.10. The summed E-state index contributed by atoms with van der Waals surface area (Å²) >= 11 is 0. The van der Waals surface area contributed by atoms with Crippen LogP contribution in [0.4, 0.5) is 0 Å². The van der Waals surface area contributed by atoms with E-state index in [1.807, 2.05) is 30.3 Å². The smallest absolute Gasteiger partial charge is 0.293 e. The third-order valence-corrected chi connectivity index (χ3v) is 3.85. The first-order chi connectivity index (χ1) is 8.97. The van der Waals surface area contributed by atoms with E-state index in [2.05, 4.69) is 0 Å². The number of carbonyl (C=O) groups is 1. The van der Waals surface area contributed by atoms with E-state index >= 15 is 0 Å². The quantitative estimate of drug-likeness (QED) is 0.562. The molecule has 104 valence electrons. The van der Waals surface area contributed by atoms with Gasteiger partial charge in [0.2, 0.25) is 0 Å². The Labute approximate surface area is 112 Å². The maximum absolute atomic E-state index is 11.1. The van der Waals surface area contributed by atoms with Gasteiger partial charge in [-0.2, -0.15) is 8.42 Å². The van der Waals surface area contributed by atoms with Crippen molar-refractivity contribution < 1.29 is 22.1 Å². The van der Waals surface area contributed by atoms with E-state index in [-0.39, 0.29) is 6.61 Å². The van der Waals surface area contributed by atoms with Crippen LogP contribution in [0.25, 0.3) is 0 Å². The Kier molecular flexibility index (Phi) is 3.91. The molecule has 1 aliphatic rings. The summed E-state index contributed by atoms with van der Waals surface area (Å²) in [5.74, 6) is 0. The Balaban J connectivity index is 2.17. The molecule has 0 bridgehead atoms. The molecule has 0 heterocycles. The lowest BCUT2D eigenvalue weighted by molar-refractivity contribution is -0.138. The van der Waals surface area contributed by atoms with E-state index in [0.717, 1.165) is 24.7 Å². The third-order valence-electron chi connectivity index (χ3n) is 3.30. The minimum Gasteiger partial charge on any atom is -0.459 e. The first kappa shape index (κ1) is 14.0. The normalized spacial score (nSPS) is 18.6. The molecule has 0 spiro atoms. The molecule has 2 rings (SSSR count). The number of carbonyl (C=O) groups excluding carboxylic acids is 1. The van der Waals surface area contributed by atoms with Gasteiger partial charge in [-0.1, -0.05) is 30.3 Å². The van der Waals surface area contributed by atoms with Crippen LogP contribution in [0.3, 0.4) is 0 Å². The molecule has 1 atom stereocenters. The van der Waals surface area contributed by atoms with Gasteiger partial charge in [-0.25, -0.2) is 0 Å². The van der Waals surface area contributed by atoms with Crippen molar-refractivity contribution in [1.82, 2.24) is 0 Å². The Hall–Kier alpha value is -1.40. The van der Waals surface area contributed by atoms with Crippen molar-refractivity contribution in [3.63, 3.8) is 0 Å². The van der Waals surface area contributed by atoms with E-state index in [9.17, 15) is 13.2 Å². The zero-order valence-electron chi connectivity index (χ0n) is 10.6. The number of hydrogen-bond donors (Lipinski definition) is 0. The zero-order valence-corrected chi connectivity index (χ0v) is 11.4. The lowest BCUT2D eigenvalue weighted by Gasteiger charge is -2.25. The van der Waals surface area contributed by atoms with Gasteiger partial charge in [0.1, 0.15) is 6.10 Å². The van der Waals surface area contributed by atoms with Crippen LogP contribution in [0.1, 0.15) is 24.5 Å². The van der Waals surface area contributed by atoms with Crippen molar-refractivity contribution >= 4 is 16.6 Å². The fraction of sp³-hybridized carbons (Fsp3) is 0.462. The molecule has 0 saturated heterocycles. The molecule has 1 unspecified atom stereocenters. The van der Waals surface area contributed by atoms with E-state index < -0.39 is 21.6 Å². The summed E-state index contributed by atoms with van der Waals surface area (Å²) in [4.78, 5) is 10.7. The van der Waals surface area contributed by atoms with Gasteiger partial charge in [0.15, 0.2) is 0 Å².